The Kier molecular flexibility index (Phi) is 115. The average molecular weight is 1260 g/mol. The number of hydrogen-bond donors (Lipinski definition) is 0. The van der Waals surface area contributed by atoms with Gasteiger partial charge in [-0.05, 0) is 89.5 Å². The van der Waals surface area contributed by atoms with Crippen LogP contribution in [0.1, 0.15) is 225 Å². The molecule has 0 heteroatoms. The van der Waals surface area contributed by atoms with Gasteiger partial charge in [-0.3, -0.25) is 0 Å². The molecule has 0 aliphatic rings. The van der Waals surface area contributed by atoms with Crippen LogP contribution in [0.5, 0.6) is 0 Å². The summed E-state index contributed by atoms with van der Waals surface area (Å²) in [4.78, 5) is 0. The van der Waals surface area contributed by atoms with Gasteiger partial charge < -0.3 is 0 Å². The molecule has 0 aromatic heterocycles. The quantitative estimate of drug-likeness (QED) is 0.142. The maximum atomic E-state index is 2.16. The van der Waals surface area contributed by atoms with Crippen LogP contribution in [-0.2, 0) is 44.9 Å². The van der Waals surface area contributed by atoms with E-state index in [1.165, 1.54) is 44.5 Å². The molecule has 0 fully saturated rings. The van der Waals surface area contributed by atoms with E-state index >= 15 is 0 Å². The Morgan fingerprint density at radius 1 is 0.118 bits per heavy atom. The van der Waals surface area contributed by atoms with Gasteiger partial charge in [0.1, 0.15) is 0 Å². The minimum Gasteiger partial charge on any atom is -0.0683 e. The highest BCUT2D eigenvalue weighted by Gasteiger charge is 1.93. The third-order valence-electron chi connectivity index (χ3n) is 10.9. The highest BCUT2D eigenvalue weighted by atomic mass is 14.0. The normalized spacial score (nSPS) is 7.76. The third kappa shape index (κ3) is 80.2. The molecule has 0 spiro atoms. The van der Waals surface area contributed by atoms with E-state index in [1.54, 1.807) is 0 Å². The predicted molar refractivity (Wildman–Crippen MR) is 437 cm³/mol. The molecule has 10 rings (SSSR count). The van der Waals surface area contributed by atoms with Crippen molar-refractivity contribution in [3.05, 3.63) is 360 Å². The summed E-state index contributed by atoms with van der Waals surface area (Å²) in [7, 11) is 0. The van der Waals surface area contributed by atoms with E-state index in [-0.39, 0.29) is 0 Å². The van der Waals surface area contributed by atoms with Gasteiger partial charge in [-0.15, -0.1) is 0 Å². The molecule has 0 bridgehead atoms. The van der Waals surface area contributed by atoms with Gasteiger partial charge in [0.05, 0.1) is 0 Å². The standard InChI is InChI=1S/C13H12.6C8H10.2C6H6.10C2H6/c1-3-7-12(8-4-1)11-13-9-5-2-6-10-13;6*1-2-8-6-4-3-5-7-8;2*1-2-4-6-5-3-1;10*1-2/h1-10H,11H2;6*3-7H,2H2,1H3;2*1-6H;10*1-2H3. The molecule has 0 saturated carbocycles. The molecule has 516 valence electrons. The maximum Gasteiger partial charge on any atom is -0.00258 e. The molecule has 0 N–H and O–H groups in total. The second kappa shape index (κ2) is 103. The third-order valence-corrected chi connectivity index (χ3v) is 10.9. The summed E-state index contributed by atoms with van der Waals surface area (Å²) in [5.41, 5.74) is 11.2. The van der Waals surface area contributed by atoms with E-state index in [1.807, 2.05) is 248 Å². The van der Waals surface area contributed by atoms with Gasteiger partial charge in [-0.1, -0.05) is 495 Å². The van der Waals surface area contributed by atoms with Crippen molar-refractivity contribution in [3.63, 3.8) is 0 Å². The van der Waals surface area contributed by atoms with Crippen molar-refractivity contribution < 1.29 is 0 Å². The Labute approximate surface area is 581 Å². The Morgan fingerprint density at radius 2 is 0.194 bits per heavy atom. The van der Waals surface area contributed by atoms with Crippen LogP contribution < -0.4 is 0 Å². The molecule has 0 atom stereocenters. The van der Waals surface area contributed by atoms with E-state index in [0.29, 0.717) is 0 Å². The Morgan fingerprint density at radius 3 is 0.269 bits per heavy atom. The molecule has 10 aromatic rings. The van der Waals surface area contributed by atoms with Gasteiger partial charge >= 0.3 is 0 Å². The van der Waals surface area contributed by atoms with Crippen LogP contribution in [0.3, 0.4) is 0 Å². The predicted octanol–water partition coefficient (Wildman–Crippen LogP) is 30.4. The molecule has 0 unspecified atom stereocenters. The van der Waals surface area contributed by atoms with Crippen molar-refractivity contribution in [3.8, 4) is 0 Å². The SMILES string of the molecule is CC.CC.CC.CC.CC.CC.CC.CC.CC.CC.CCc1ccccc1.CCc1ccccc1.CCc1ccccc1.CCc1ccccc1.CCc1ccccc1.CCc1ccccc1.c1ccc(Cc2ccccc2)cc1.c1ccccc1.c1ccccc1. The zero-order chi connectivity index (χ0) is 72.3. The van der Waals surface area contributed by atoms with Crippen LogP contribution in [0.2, 0.25) is 0 Å². The number of rotatable bonds is 8. The zero-order valence-corrected chi connectivity index (χ0v) is 65.0. The summed E-state index contributed by atoms with van der Waals surface area (Å²) in [6.45, 7) is 53.0. The summed E-state index contributed by atoms with van der Waals surface area (Å²) >= 11 is 0. The maximum absolute atomic E-state index is 2.16. The first-order valence-corrected chi connectivity index (χ1v) is 36.4. The van der Waals surface area contributed by atoms with Crippen molar-refractivity contribution >= 4 is 0 Å². The molecular weight excluding hydrogens is 1120 g/mol. The number of hydrogen-bond acceptors (Lipinski definition) is 0. The lowest BCUT2D eigenvalue weighted by Crippen LogP contribution is -1.85. The highest BCUT2D eigenvalue weighted by molar-refractivity contribution is 5.26. The lowest BCUT2D eigenvalue weighted by atomic mass is 10.1. The fourth-order valence-corrected chi connectivity index (χ4v) is 6.48. The van der Waals surface area contributed by atoms with Crippen molar-refractivity contribution in [1.82, 2.24) is 0 Å². The summed E-state index contributed by atoms with van der Waals surface area (Å²) in [6.07, 6.45) is 7.87. The van der Waals surface area contributed by atoms with Crippen LogP contribution >= 0.6 is 0 Å². The topological polar surface area (TPSA) is 0 Å². The fourth-order valence-electron chi connectivity index (χ4n) is 6.48. The van der Waals surface area contributed by atoms with E-state index in [0.717, 1.165) is 44.9 Å². The van der Waals surface area contributed by atoms with E-state index < -0.39 is 0 Å². The second-order valence-corrected chi connectivity index (χ2v) is 16.5. The van der Waals surface area contributed by atoms with E-state index in [9.17, 15) is 0 Å². The van der Waals surface area contributed by atoms with Crippen LogP contribution in [0.4, 0.5) is 0 Å². The van der Waals surface area contributed by atoms with Gasteiger partial charge in [0, 0.05) is 0 Å². The smallest absolute Gasteiger partial charge is 0.00258 e. The first kappa shape index (κ1) is 104. The van der Waals surface area contributed by atoms with Gasteiger partial charge in [0.15, 0.2) is 0 Å². The van der Waals surface area contributed by atoms with Gasteiger partial charge in [0.2, 0.25) is 0 Å². The summed E-state index contributed by atoms with van der Waals surface area (Å²) in [6, 6.07) is 108. The van der Waals surface area contributed by atoms with Crippen molar-refractivity contribution in [2.75, 3.05) is 0 Å². The Bertz CT molecular complexity index is 2140. The fraction of sp³-hybridized carbons (Fsp3) is 0.355. The molecular formula is C93H144. The Hall–Kier alpha value is -7.80. The minimum absolute atomic E-state index is 1.03. The van der Waals surface area contributed by atoms with Crippen LogP contribution in [0.25, 0.3) is 0 Å². The minimum atomic E-state index is 1.03. The van der Waals surface area contributed by atoms with Crippen molar-refractivity contribution in [1.29, 1.82) is 0 Å². The molecule has 0 heterocycles. The molecule has 10 aromatic carbocycles. The van der Waals surface area contributed by atoms with E-state index in [4.69, 9.17) is 0 Å². The number of benzene rings is 10. The molecule has 0 nitrogen and oxygen atoms in total. The van der Waals surface area contributed by atoms with E-state index in [2.05, 4.69) is 248 Å². The molecule has 0 radical (unpaired) electrons. The summed E-state index contributed by atoms with van der Waals surface area (Å²) in [5, 5.41) is 0. The van der Waals surface area contributed by atoms with Crippen molar-refractivity contribution in [2.45, 2.75) is 225 Å². The number of aryl methyl sites for hydroxylation is 6. The van der Waals surface area contributed by atoms with Gasteiger partial charge in [-0.25, -0.2) is 0 Å². The first-order valence-electron chi connectivity index (χ1n) is 36.4. The molecule has 0 amide bonds. The molecule has 0 aliphatic heterocycles. The largest absolute Gasteiger partial charge is 0.0683 e. The summed E-state index contributed by atoms with van der Waals surface area (Å²) in [5.74, 6) is 0. The first-order chi connectivity index (χ1) is 46.0. The lowest BCUT2D eigenvalue weighted by molar-refractivity contribution is 1.14. The molecule has 0 saturated heterocycles. The van der Waals surface area contributed by atoms with Crippen LogP contribution in [0, 0.1) is 0 Å². The monoisotopic (exact) mass is 1260 g/mol. The average Bonchev–Trinajstić information content (AvgIpc) is 3.90. The second-order valence-electron chi connectivity index (χ2n) is 16.5. The van der Waals surface area contributed by atoms with Crippen molar-refractivity contribution in [2.24, 2.45) is 0 Å². The zero-order valence-electron chi connectivity index (χ0n) is 65.0. The molecule has 93 heavy (non-hydrogen) atoms. The van der Waals surface area contributed by atoms with Gasteiger partial charge in [-0.2, -0.15) is 0 Å². The lowest BCUT2D eigenvalue weighted by Gasteiger charge is -2.00. The molecule has 0 aliphatic carbocycles. The van der Waals surface area contributed by atoms with Crippen LogP contribution in [0.15, 0.2) is 315 Å². The van der Waals surface area contributed by atoms with Crippen LogP contribution in [-0.4, -0.2) is 0 Å². The Balaban J connectivity index is -0.000000119. The van der Waals surface area contributed by atoms with Gasteiger partial charge in [0.25, 0.3) is 0 Å². The summed E-state index contributed by atoms with van der Waals surface area (Å²) < 4.78 is 0. The highest BCUT2D eigenvalue weighted by Crippen LogP contribution is 2.08.